The van der Waals surface area contributed by atoms with Crippen LogP contribution in [0, 0.1) is 0 Å². The predicted molar refractivity (Wildman–Crippen MR) is 77.3 cm³/mol. The summed E-state index contributed by atoms with van der Waals surface area (Å²) in [5, 5.41) is 13.5. The van der Waals surface area contributed by atoms with E-state index in [0.29, 0.717) is 11.3 Å². The van der Waals surface area contributed by atoms with E-state index in [4.69, 9.17) is 5.73 Å². The molecule has 0 spiro atoms. The van der Waals surface area contributed by atoms with E-state index in [0.717, 1.165) is 5.56 Å². The van der Waals surface area contributed by atoms with Crippen molar-refractivity contribution >= 4 is 11.6 Å². The number of pyridine rings is 1. The first-order valence-corrected chi connectivity index (χ1v) is 6.26. The topological polar surface area (TPSA) is 88.2 Å². The molecule has 1 aromatic heterocycles. The molecule has 0 bridgehead atoms. The fourth-order valence-electron chi connectivity index (χ4n) is 1.91. The monoisotopic (exact) mass is 271 g/mol. The predicted octanol–water partition coefficient (Wildman–Crippen LogP) is 1.50. The average molecular weight is 271 g/mol. The SMILES string of the molecule is CC(O)(CNc1ccncc1C(N)=O)c1ccccc1. The largest absolute Gasteiger partial charge is 0.384 e. The van der Waals surface area contributed by atoms with E-state index in [2.05, 4.69) is 10.3 Å². The summed E-state index contributed by atoms with van der Waals surface area (Å²) in [5.41, 5.74) is 5.88. The van der Waals surface area contributed by atoms with Crippen molar-refractivity contribution in [1.29, 1.82) is 0 Å². The van der Waals surface area contributed by atoms with Gasteiger partial charge < -0.3 is 16.2 Å². The van der Waals surface area contributed by atoms with Crippen LogP contribution in [0.3, 0.4) is 0 Å². The smallest absolute Gasteiger partial charge is 0.252 e. The van der Waals surface area contributed by atoms with Gasteiger partial charge in [0.2, 0.25) is 0 Å². The number of carbonyl (C=O) groups excluding carboxylic acids is 1. The number of primary amides is 1. The zero-order valence-electron chi connectivity index (χ0n) is 11.2. The highest BCUT2D eigenvalue weighted by Gasteiger charge is 2.23. The lowest BCUT2D eigenvalue weighted by Crippen LogP contribution is -2.31. The summed E-state index contributed by atoms with van der Waals surface area (Å²) in [5.74, 6) is -0.556. The number of hydrogen-bond acceptors (Lipinski definition) is 4. The summed E-state index contributed by atoms with van der Waals surface area (Å²) in [4.78, 5) is 15.2. The summed E-state index contributed by atoms with van der Waals surface area (Å²) in [6, 6.07) is 11.0. The number of nitrogens with one attached hydrogen (secondary N) is 1. The Bertz CT molecular complexity index is 597. The quantitative estimate of drug-likeness (QED) is 0.769. The second-order valence-corrected chi connectivity index (χ2v) is 4.78. The van der Waals surface area contributed by atoms with Crippen LogP contribution in [0.25, 0.3) is 0 Å². The van der Waals surface area contributed by atoms with Gasteiger partial charge in [0.05, 0.1) is 11.3 Å². The van der Waals surface area contributed by atoms with Crippen LogP contribution in [0.5, 0.6) is 0 Å². The van der Waals surface area contributed by atoms with Crippen LogP contribution in [-0.4, -0.2) is 22.5 Å². The van der Waals surface area contributed by atoms with Crippen LogP contribution < -0.4 is 11.1 Å². The second-order valence-electron chi connectivity index (χ2n) is 4.78. The Morgan fingerprint density at radius 1 is 1.35 bits per heavy atom. The number of amides is 1. The zero-order valence-corrected chi connectivity index (χ0v) is 11.2. The molecule has 5 heteroatoms. The highest BCUT2D eigenvalue weighted by molar-refractivity contribution is 5.98. The Labute approximate surface area is 117 Å². The number of aromatic nitrogens is 1. The third kappa shape index (κ3) is 3.13. The minimum absolute atomic E-state index is 0.251. The molecule has 1 aromatic carbocycles. The Morgan fingerprint density at radius 2 is 2.05 bits per heavy atom. The lowest BCUT2D eigenvalue weighted by atomic mass is 9.96. The first kappa shape index (κ1) is 14.0. The minimum Gasteiger partial charge on any atom is -0.384 e. The van der Waals surface area contributed by atoms with Gasteiger partial charge in [-0.1, -0.05) is 30.3 Å². The van der Waals surface area contributed by atoms with Gasteiger partial charge in [0.25, 0.3) is 5.91 Å². The fraction of sp³-hybridized carbons (Fsp3) is 0.200. The molecular formula is C15H17N3O2. The van der Waals surface area contributed by atoms with Crippen molar-refractivity contribution in [3.8, 4) is 0 Å². The third-order valence-electron chi connectivity index (χ3n) is 3.11. The first-order valence-electron chi connectivity index (χ1n) is 6.26. The summed E-state index contributed by atoms with van der Waals surface area (Å²) >= 11 is 0. The molecule has 0 aliphatic rings. The van der Waals surface area contributed by atoms with Crippen LogP contribution >= 0.6 is 0 Å². The van der Waals surface area contributed by atoms with Crippen molar-refractivity contribution in [2.45, 2.75) is 12.5 Å². The number of nitrogens with two attached hydrogens (primary N) is 1. The number of benzene rings is 1. The molecule has 0 saturated carbocycles. The number of aliphatic hydroxyl groups is 1. The summed E-state index contributed by atoms with van der Waals surface area (Å²) in [6.45, 7) is 1.96. The summed E-state index contributed by atoms with van der Waals surface area (Å²) < 4.78 is 0. The van der Waals surface area contributed by atoms with E-state index in [9.17, 15) is 9.90 Å². The molecule has 1 atom stereocenters. The van der Waals surface area contributed by atoms with Gasteiger partial charge in [-0.05, 0) is 18.6 Å². The lowest BCUT2D eigenvalue weighted by molar-refractivity contribution is 0.0714. The molecule has 0 fully saturated rings. The highest BCUT2D eigenvalue weighted by Crippen LogP contribution is 2.22. The molecule has 4 N–H and O–H groups in total. The summed E-state index contributed by atoms with van der Waals surface area (Å²) in [7, 11) is 0. The van der Waals surface area contributed by atoms with Gasteiger partial charge in [0, 0.05) is 18.9 Å². The van der Waals surface area contributed by atoms with Crippen LogP contribution in [0.4, 0.5) is 5.69 Å². The van der Waals surface area contributed by atoms with E-state index in [1.165, 1.54) is 6.20 Å². The molecule has 1 heterocycles. The Kier molecular flexibility index (Phi) is 4.00. The Hall–Kier alpha value is -2.40. The zero-order chi connectivity index (χ0) is 14.6. The maximum atomic E-state index is 11.3. The minimum atomic E-state index is -1.06. The van der Waals surface area contributed by atoms with Crippen LogP contribution in [0.15, 0.2) is 48.8 Å². The van der Waals surface area contributed by atoms with Gasteiger partial charge in [-0.2, -0.15) is 0 Å². The van der Waals surface area contributed by atoms with E-state index in [-0.39, 0.29) is 6.54 Å². The van der Waals surface area contributed by atoms with Gasteiger partial charge in [-0.3, -0.25) is 9.78 Å². The standard InChI is InChI=1S/C15H17N3O2/c1-15(20,11-5-3-2-4-6-11)10-18-13-7-8-17-9-12(13)14(16)19/h2-9,20H,10H2,1H3,(H2,16,19)(H,17,18). The summed E-state index contributed by atoms with van der Waals surface area (Å²) in [6.07, 6.45) is 2.97. The normalized spacial score (nSPS) is 13.5. The molecule has 20 heavy (non-hydrogen) atoms. The van der Waals surface area contributed by atoms with Crippen molar-refractivity contribution in [1.82, 2.24) is 4.98 Å². The Balaban J connectivity index is 2.15. The van der Waals surface area contributed by atoms with Crippen molar-refractivity contribution in [2.75, 3.05) is 11.9 Å². The first-order chi connectivity index (χ1) is 9.50. The number of carbonyl (C=O) groups is 1. The molecule has 1 unspecified atom stereocenters. The van der Waals surface area contributed by atoms with E-state index in [1.807, 2.05) is 30.3 Å². The number of hydrogen-bond donors (Lipinski definition) is 3. The van der Waals surface area contributed by atoms with Crippen molar-refractivity contribution in [3.63, 3.8) is 0 Å². The molecule has 5 nitrogen and oxygen atoms in total. The maximum absolute atomic E-state index is 11.3. The highest BCUT2D eigenvalue weighted by atomic mass is 16.3. The second kappa shape index (κ2) is 5.71. The van der Waals surface area contributed by atoms with Crippen molar-refractivity contribution in [3.05, 3.63) is 59.9 Å². The molecular weight excluding hydrogens is 254 g/mol. The van der Waals surface area contributed by atoms with Gasteiger partial charge in [0.1, 0.15) is 5.60 Å². The van der Waals surface area contributed by atoms with E-state index in [1.54, 1.807) is 19.2 Å². The van der Waals surface area contributed by atoms with Crippen LogP contribution in [0.2, 0.25) is 0 Å². The molecule has 2 rings (SSSR count). The van der Waals surface area contributed by atoms with Gasteiger partial charge >= 0.3 is 0 Å². The molecule has 1 amide bonds. The third-order valence-corrected chi connectivity index (χ3v) is 3.11. The van der Waals surface area contributed by atoms with Crippen LogP contribution in [-0.2, 0) is 5.60 Å². The molecule has 0 aliphatic carbocycles. The van der Waals surface area contributed by atoms with E-state index >= 15 is 0 Å². The molecule has 2 aromatic rings. The number of nitrogens with zero attached hydrogens (tertiary/aromatic N) is 1. The fourth-order valence-corrected chi connectivity index (χ4v) is 1.91. The molecule has 104 valence electrons. The number of rotatable bonds is 5. The van der Waals surface area contributed by atoms with E-state index < -0.39 is 11.5 Å². The number of anilines is 1. The van der Waals surface area contributed by atoms with Crippen molar-refractivity contribution in [2.24, 2.45) is 5.73 Å². The average Bonchev–Trinajstić information content (AvgIpc) is 2.46. The van der Waals surface area contributed by atoms with Crippen LogP contribution in [0.1, 0.15) is 22.8 Å². The molecule has 0 aliphatic heterocycles. The lowest BCUT2D eigenvalue weighted by Gasteiger charge is -2.25. The molecule has 0 radical (unpaired) electrons. The van der Waals surface area contributed by atoms with Gasteiger partial charge in [0.15, 0.2) is 0 Å². The van der Waals surface area contributed by atoms with Crippen molar-refractivity contribution < 1.29 is 9.90 Å². The van der Waals surface area contributed by atoms with Gasteiger partial charge in [-0.25, -0.2) is 0 Å². The molecule has 0 saturated heterocycles. The Morgan fingerprint density at radius 3 is 2.70 bits per heavy atom. The van der Waals surface area contributed by atoms with Gasteiger partial charge in [-0.15, -0.1) is 0 Å². The maximum Gasteiger partial charge on any atom is 0.252 e.